The third kappa shape index (κ3) is 4.18. The Hall–Kier alpha value is -2.47. The number of amides is 1. The molecular weight excluding hydrogens is 404 g/mol. The van der Waals surface area contributed by atoms with Gasteiger partial charge in [-0.25, -0.2) is 9.97 Å². The van der Waals surface area contributed by atoms with Crippen molar-refractivity contribution in [3.8, 4) is 0 Å². The van der Waals surface area contributed by atoms with Crippen LogP contribution < -0.4 is 4.90 Å². The van der Waals surface area contributed by atoms with E-state index in [2.05, 4.69) is 36.1 Å². The van der Waals surface area contributed by atoms with Crippen molar-refractivity contribution < 1.29 is 4.79 Å². The Bertz CT molecular complexity index is 1070. The van der Waals surface area contributed by atoms with Gasteiger partial charge in [0, 0.05) is 43.9 Å². The van der Waals surface area contributed by atoms with Crippen molar-refractivity contribution in [1.82, 2.24) is 14.9 Å². The summed E-state index contributed by atoms with van der Waals surface area (Å²) < 4.78 is 0. The van der Waals surface area contributed by atoms with Crippen LogP contribution in [-0.2, 0) is 24.1 Å². The number of thiophene rings is 1. The van der Waals surface area contributed by atoms with Gasteiger partial charge in [0.25, 0.3) is 0 Å². The van der Waals surface area contributed by atoms with Gasteiger partial charge in [0.15, 0.2) is 0 Å². The van der Waals surface area contributed by atoms with Crippen LogP contribution in [0.15, 0.2) is 30.3 Å². The third-order valence-corrected chi connectivity index (χ3v) is 7.63. The average Bonchev–Trinajstić information content (AvgIpc) is 3.18. The summed E-state index contributed by atoms with van der Waals surface area (Å²) in [4.78, 5) is 29.6. The van der Waals surface area contributed by atoms with Crippen molar-refractivity contribution in [2.45, 2.75) is 51.9 Å². The van der Waals surface area contributed by atoms with E-state index in [1.807, 2.05) is 22.3 Å². The molecule has 1 amide bonds. The van der Waals surface area contributed by atoms with Gasteiger partial charge < -0.3 is 9.80 Å². The summed E-state index contributed by atoms with van der Waals surface area (Å²) in [5, 5.41) is 1.28. The summed E-state index contributed by atoms with van der Waals surface area (Å²) in [7, 11) is 0. The van der Waals surface area contributed by atoms with Crippen molar-refractivity contribution in [2.24, 2.45) is 0 Å². The van der Waals surface area contributed by atoms with Crippen LogP contribution in [0.3, 0.4) is 0 Å². The summed E-state index contributed by atoms with van der Waals surface area (Å²) in [5.41, 5.74) is 2.72. The van der Waals surface area contributed by atoms with E-state index < -0.39 is 0 Å². The number of aromatic nitrogens is 2. The largest absolute Gasteiger partial charge is 0.352 e. The smallest absolute Gasteiger partial charge is 0.222 e. The van der Waals surface area contributed by atoms with E-state index in [4.69, 9.17) is 9.97 Å². The van der Waals surface area contributed by atoms with E-state index in [1.165, 1.54) is 40.7 Å². The van der Waals surface area contributed by atoms with Crippen molar-refractivity contribution in [2.75, 3.05) is 31.1 Å². The average molecular weight is 435 g/mol. The molecule has 0 N–H and O–H groups in total. The molecule has 1 aliphatic heterocycles. The lowest BCUT2D eigenvalue weighted by Crippen LogP contribution is -2.49. The molecule has 5 rings (SSSR count). The van der Waals surface area contributed by atoms with Crippen molar-refractivity contribution >= 4 is 33.3 Å². The molecule has 5 nitrogen and oxygen atoms in total. The number of rotatable bonds is 5. The lowest BCUT2D eigenvalue weighted by molar-refractivity contribution is -0.131. The van der Waals surface area contributed by atoms with Gasteiger partial charge in [-0.1, -0.05) is 37.3 Å². The van der Waals surface area contributed by atoms with Gasteiger partial charge in [-0.3, -0.25) is 4.79 Å². The van der Waals surface area contributed by atoms with Crippen LogP contribution in [0.4, 0.5) is 5.82 Å². The highest BCUT2D eigenvalue weighted by Crippen LogP contribution is 2.40. The highest BCUT2D eigenvalue weighted by atomic mass is 32.1. The minimum atomic E-state index is 0.285. The van der Waals surface area contributed by atoms with Crippen LogP contribution >= 0.6 is 11.3 Å². The Labute approximate surface area is 188 Å². The van der Waals surface area contributed by atoms with Gasteiger partial charge in [0.05, 0.1) is 5.39 Å². The van der Waals surface area contributed by atoms with E-state index in [0.29, 0.717) is 6.42 Å². The summed E-state index contributed by atoms with van der Waals surface area (Å²) in [6.45, 7) is 5.32. The Kier molecular flexibility index (Phi) is 5.90. The quantitative estimate of drug-likeness (QED) is 0.588. The van der Waals surface area contributed by atoms with Gasteiger partial charge in [0.1, 0.15) is 16.5 Å². The first-order valence-corrected chi connectivity index (χ1v) is 12.4. The second-order valence-corrected chi connectivity index (χ2v) is 9.72. The molecule has 31 heavy (non-hydrogen) atoms. The molecule has 0 radical (unpaired) electrons. The van der Waals surface area contributed by atoms with E-state index in [-0.39, 0.29) is 5.91 Å². The summed E-state index contributed by atoms with van der Waals surface area (Å²) in [5.74, 6) is 2.28. The number of hydrogen-bond acceptors (Lipinski definition) is 5. The fourth-order valence-electron chi connectivity index (χ4n) is 4.81. The Morgan fingerprint density at radius 3 is 2.58 bits per heavy atom. The van der Waals surface area contributed by atoms with E-state index >= 15 is 0 Å². The lowest BCUT2D eigenvalue weighted by Gasteiger charge is -2.36. The molecule has 1 saturated heterocycles. The van der Waals surface area contributed by atoms with Crippen LogP contribution in [0.25, 0.3) is 10.2 Å². The lowest BCUT2D eigenvalue weighted by atomic mass is 9.96. The standard InChI is InChI=1S/C25H30N4OS/c1-2-8-22(30)28-13-15-29(16-14-28)24-23-19-11-6-7-12-20(19)31-25(23)27-21(26-24)17-18-9-4-3-5-10-18/h3-5,9-10H,2,6-8,11-17H2,1H3. The zero-order chi connectivity index (χ0) is 21.2. The SMILES string of the molecule is CCCC(=O)N1CCN(c2nc(Cc3ccccc3)nc3sc4c(c23)CCCC4)CC1. The molecule has 6 heteroatoms. The number of fused-ring (bicyclic) bond motifs is 3. The Morgan fingerprint density at radius 2 is 1.81 bits per heavy atom. The van der Waals surface area contributed by atoms with Crippen LogP contribution in [0, 0.1) is 0 Å². The molecule has 0 unspecified atom stereocenters. The number of carbonyl (C=O) groups is 1. The molecule has 2 aromatic heterocycles. The fraction of sp³-hybridized carbons (Fsp3) is 0.480. The van der Waals surface area contributed by atoms with E-state index in [0.717, 1.165) is 61.9 Å². The molecule has 0 spiro atoms. The van der Waals surface area contributed by atoms with Gasteiger partial charge in [-0.2, -0.15) is 0 Å². The molecular formula is C25H30N4OS. The molecule has 1 aliphatic carbocycles. The van der Waals surface area contributed by atoms with E-state index in [9.17, 15) is 4.79 Å². The third-order valence-electron chi connectivity index (χ3n) is 6.44. The highest BCUT2D eigenvalue weighted by Gasteiger charge is 2.27. The first-order chi connectivity index (χ1) is 15.2. The van der Waals surface area contributed by atoms with Crippen LogP contribution in [0.1, 0.15) is 54.4 Å². The van der Waals surface area contributed by atoms with Crippen LogP contribution in [-0.4, -0.2) is 47.0 Å². The molecule has 0 bridgehead atoms. The number of hydrogen-bond donors (Lipinski definition) is 0. The molecule has 1 aromatic carbocycles. The number of nitrogens with zero attached hydrogens (tertiary/aromatic N) is 4. The minimum Gasteiger partial charge on any atom is -0.352 e. The van der Waals surface area contributed by atoms with Crippen molar-refractivity contribution in [3.05, 3.63) is 52.2 Å². The van der Waals surface area contributed by atoms with Gasteiger partial charge in [-0.15, -0.1) is 11.3 Å². The molecule has 3 aromatic rings. The number of piperazine rings is 1. The van der Waals surface area contributed by atoms with Crippen LogP contribution in [0.2, 0.25) is 0 Å². The number of carbonyl (C=O) groups excluding carboxylic acids is 1. The van der Waals surface area contributed by atoms with Gasteiger partial charge in [0.2, 0.25) is 5.91 Å². The molecule has 162 valence electrons. The maximum atomic E-state index is 12.3. The van der Waals surface area contributed by atoms with Gasteiger partial charge >= 0.3 is 0 Å². The summed E-state index contributed by atoms with van der Waals surface area (Å²) in [6, 6.07) is 10.5. The fourth-order valence-corrected chi connectivity index (χ4v) is 6.08. The molecule has 3 heterocycles. The first kappa shape index (κ1) is 20.4. The number of benzene rings is 1. The Morgan fingerprint density at radius 1 is 1.03 bits per heavy atom. The van der Waals surface area contributed by atoms with E-state index in [1.54, 1.807) is 0 Å². The first-order valence-electron chi connectivity index (χ1n) is 11.6. The van der Waals surface area contributed by atoms with Crippen LogP contribution in [0.5, 0.6) is 0 Å². The molecule has 0 atom stereocenters. The molecule has 0 saturated carbocycles. The topological polar surface area (TPSA) is 49.3 Å². The molecule has 1 fully saturated rings. The normalized spacial score (nSPS) is 16.5. The zero-order valence-corrected chi connectivity index (χ0v) is 19.1. The van der Waals surface area contributed by atoms with Crippen molar-refractivity contribution in [3.63, 3.8) is 0 Å². The monoisotopic (exact) mass is 434 g/mol. The Balaban J connectivity index is 1.49. The number of aryl methyl sites for hydroxylation is 2. The molecule has 2 aliphatic rings. The maximum Gasteiger partial charge on any atom is 0.222 e. The summed E-state index contributed by atoms with van der Waals surface area (Å²) >= 11 is 1.87. The summed E-state index contributed by atoms with van der Waals surface area (Å²) in [6.07, 6.45) is 7.15. The predicted molar refractivity (Wildman–Crippen MR) is 127 cm³/mol. The minimum absolute atomic E-state index is 0.285. The number of anilines is 1. The second kappa shape index (κ2) is 8.95. The van der Waals surface area contributed by atoms with Gasteiger partial charge in [-0.05, 0) is 43.2 Å². The second-order valence-electron chi connectivity index (χ2n) is 8.63. The predicted octanol–water partition coefficient (Wildman–Crippen LogP) is 4.61. The zero-order valence-electron chi connectivity index (χ0n) is 18.3. The maximum absolute atomic E-state index is 12.3. The highest BCUT2D eigenvalue weighted by molar-refractivity contribution is 7.19. The van der Waals surface area contributed by atoms with Crippen molar-refractivity contribution in [1.29, 1.82) is 0 Å².